The van der Waals surface area contributed by atoms with Gasteiger partial charge < -0.3 is 15.3 Å². The van der Waals surface area contributed by atoms with Crippen molar-refractivity contribution < 1.29 is 9.90 Å². The van der Waals surface area contributed by atoms with E-state index in [1.165, 1.54) is 5.56 Å². The highest BCUT2D eigenvalue weighted by molar-refractivity contribution is 5.95. The van der Waals surface area contributed by atoms with Crippen molar-refractivity contribution in [2.24, 2.45) is 5.92 Å². The highest BCUT2D eigenvalue weighted by Crippen LogP contribution is 2.21. The van der Waals surface area contributed by atoms with Gasteiger partial charge in [0, 0.05) is 25.3 Å². The van der Waals surface area contributed by atoms with Crippen LogP contribution in [0.2, 0.25) is 0 Å². The van der Waals surface area contributed by atoms with Crippen LogP contribution in [0.3, 0.4) is 0 Å². The molecule has 1 fully saturated rings. The molecule has 0 aromatic heterocycles. The second-order valence-electron chi connectivity index (χ2n) is 7.55. The summed E-state index contributed by atoms with van der Waals surface area (Å²) in [7, 11) is 0. The normalized spacial score (nSPS) is 17.6. The van der Waals surface area contributed by atoms with E-state index in [0.29, 0.717) is 18.0 Å². The number of benzene rings is 2. The van der Waals surface area contributed by atoms with Gasteiger partial charge in [0.25, 0.3) is 5.91 Å². The molecule has 1 aliphatic rings. The number of aliphatic hydroxyl groups is 1. The molecule has 1 amide bonds. The lowest BCUT2D eigenvalue weighted by atomic mass is 9.99. The van der Waals surface area contributed by atoms with Gasteiger partial charge in [0.2, 0.25) is 0 Å². The molecule has 3 rings (SSSR count). The fourth-order valence-corrected chi connectivity index (χ4v) is 3.77. The number of hydrogen-bond donors (Lipinski definition) is 2. The van der Waals surface area contributed by atoms with E-state index in [9.17, 15) is 9.90 Å². The monoisotopic (exact) mass is 366 g/mol. The van der Waals surface area contributed by atoms with Crippen LogP contribution in [0.1, 0.15) is 35.2 Å². The molecule has 0 aliphatic carbocycles. The van der Waals surface area contributed by atoms with Gasteiger partial charge in [-0.05, 0) is 68.5 Å². The second kappa shape index (κ2) is 9.67. The third-order valence-corrected chi connectivity index (χ3v) is 5.27. The number of carbonyl (C=O) groups excluding carboxylic acids is 1. The van der Waals surface area contributed by atoms with E-state index in [1.54, 1.807) is 0 Å². The van der Waals surface area contributed by atoms with Crippen LogP contribution in [0.25, 0.3) is 11.1 Å². The lowest BCUT2D eigenvalue weighted by Crippen LogP contribution is -2.38. The Morgan fingerprint density at radius 3 is 2.74 bits per heavy atom. The molecule has 0 bridgehead atoms. The highest BCUT2D eigenvalue weighted by atomic mass is 16.3. The first-order valence-corrected chi connectivity index (χ1v) is 9.94. The summed E-state index contributed by atoms with van der Waals surface area (Å²) in [6, 6.07) is 16.1. The highest BCUT2D eigenvalue weighted by Gasteiger charge is 2.18. The fourth-order valence-electron chi connectivity index (χ4n) is 3.77. The minimum absolute atomic E-state index is 0.0172. The van der Waals surface area contributed by atoms with Crippen LogP contribution in [-0.2, 0) is 0 Å². The number of carbonyl (C=O) groups is 1. The molecule has 0 saturated carbocycles. The molecule has 1 aliphatic heterocycles. The van der Waals surface area contributed by atoms with Gasteiger partial charge in [-0.2, -0.15) is 0 Å². The molecule has 2 aromatic carbocycles. The zero-order chi connectivity index (χ0) is 19.1. The van der Waals surface area contributed by atoms with Gasteiger partial charge in [0.05, 0.1) is 0 Å². The Hall–Kier alpha value is -2.17. The maximum atomic E-state index is 12.5. The van der Waals surface area contributed by atoms with Gasteiger partial charge in [0.15, 0.2) is 0 Å². The van der Waals surface area contributed by atoms with Crippen molar-refractivity contribution in [2.45, 2.75) is 26.2 Å². The number of hydrogen-bond acceptors (Lipinski definition) is 3. The van der Waals surface area contributed by atoms with Crippen LogP contribution < -0.4 is 5.32 Å². The van der Waals surface area contributed by atoms with Crippen LogP contribution >= 0.6 is 0 Å². The predicted molar refractivity (Wildman–Crippen MR) is 110 cm³/mol. The molecule has 0 unspecified atom stereocenters. The van der Waals surface area contributed by atoms with E-state index in [2.05, 4.69) is 35.3 Å². The summed E-state index contributed by atoms with van der Waals surface area (Å²) >= 11 is 0. The number of nitrogens with zero attached hydrogens (tertiary/aromatic N) is 1. The smallest absolute Gasteiger partial charge is 0.251 e. The van der Waals surface area contributed by atoms with Gasteiger partial charge in [0.1, 0.15) is 0 Å². The Bertz CT molecular complexity index is 760. The summed E-state index contributed by atoms with van der Waals surface area (Å²) in [5.74, 6) is 0.397. The van der Waals surface area contributed by atoms with Crippen molar-refractivity contribution in [3.8, 4) is 11.1 Å². The Balaban J connectivity index is 1.49. The lowest BCUT2D eigenvalue weighted by molar-refractivity contribution is 0.0946. The van der Waals surface area contributed by atoms with Crippen LogP contribution in [0.5, 0.6) is 0 Å². The third kappa shape index (κ3) is 5.65. The molecule has 2 N–H and O–H groups in total. The van der Waals surface area contributed by atoms with Crippen LogP contribution in [0.15, 0.2) is 48.5 Å². The van der Waals surface area contributed by atoms with Crippen LogP contribution in [-0.4, -0.2) is 48.7 Å². The Morgan fingerprint density at radius 2 is 1.96 bits per heavy atom. The molecular formula is C23H30N2O2. The number of aryl methyl sites for hydroxylation is 1. The summed E-state index contributed by atoms with van der Waals surface area (Å²) in [6.07, 6.45) is 3.21. The minimum Gasteiger partial charge on any atom is -0.396 e. The maximum absolute atomic E-state index is 12.5. The minimum atomic E-state index is -0.0172. The quantitative estimate of drug-likeness (QED) is 0.738. The second-order valence-corrected chi connectivity index (χ2v) is 7.55. The molecule has 1 saturated heterocycles. The average Bonchev–Trinajstić information content (AvgIpc) is 2.71. The van der Waals surface area contributed by atoms with Crippen molar-refractivity contribution in [3.63, 3.8) is 0 Å². The van der Waals surface area contributed by atoms with Gasteiger partial charge in [-0.3, -0.25) is 4.79 Å². The zero-order valence-electron chi connectivity index (χ0n) is 16.2. The molecule has 1 heterocycles. The first-order valence-electron chi connectivity index (χ1n) is 9.94. The summed E-state index contributed by atoms with van der Waals surface area (Å²) in [4.78, 5) is 14.9. The van der Waals surface area contributed by atoms with Crippen molar-refractivity contribution in [1.82, 2.24) is 10.2 Å². The Labute approximate surface area is 162 Å². The molecule has 0 spiro atoms. The zero-order valence-corrected chi connectivity index (χ0v) is 16.2. The molecular weight excluding hydrogens is 336 g/mol. The summed E-state index contributed by atoms with van der Waals surface area (Å²) in [5, 5.41) is 12.4. The van der Waals surface area contributed by atoms with E-state index < -0.39 is 0 Å². The van der Waals surface area contributed by atoms with E-state index in [0.717, 1.165) is 50.0 Å². The van der Waals surface area contributed by atoms with Gasteiger partial charge >= 0.3 is 0 Å². The number of nitrogens with one attached hydrogen (secondary N) is 1. The predicted octanol–water partition coefficient (Wildman–Crippen LogP) is 3.49. The van der Waals surface area contributed by atoms with Gasteiger partial charge in [-0.25, -0.2) is 0 Å². The molecule has 0 radical (unpaired) electrons. The summed E-state index contributed by atoms with van der Waals surface area (Å²) in [6.45, 7) is 6.08. The lowest BCUT2D eigenvalue weighted by Gasteiger charge is -2.31. The SMILES string of the molecule is Cc1cccc(-c2cccc(C(=O)NCCCN3CCC[C@H](CO)C3)c2)c1. The largest absolute Gasteiger partial charge is 0.396 e. The Morgan fingerprint density at radius 1 is 1.19 bits per heavy atom. The van der Waals surface area contributed by atoms with E-state index >= 15 is 0 Å². The van der Waals surface area contributed by atoms with E-state index in [1.807, 2.05) is 30.3 Å². The van der Waals surface area contributed by atoms with Crippen molar-refractivity contribution in [1.29, 1.82) is 0 Å². The molecule has 1 atom stereocenters. The number of aliphatic hydroxyl groups excluding tert-OH is 1. The number of likely N-dealkylation sites (tertiary alicyclic amines) is 1. The van der Waals surface area contributed by atoms with Crippen molar-refractivity contribution in [3.05, 3.63) is 59.7 Å². The van der Waals surface area contributed by atoms with Crippen molar-refractivity contribution in [2.75, 3.05) is 32.8 Å². The number of rotatable bonds is 7. The number of piperidine rings is 1. The van der Waals surface area contributed by atoms with Gasteiger partial charge in [-0.1, -0.05) is 42.0 Å². The Kier molecular flexibility index (Phi) is 7.02. The fraction of sp³-hybridized carbons (Fsp3) is 0.435. The molecule has 144 valence electrons. The van der Waals surface area contributed by atoms with Crippen molar-refractivity contribution >= 4 is 5.91 Å². The topological polar surface area (TPSA) is 52.6 Å². The van der Waals surface area contributed by atoms with E-state index in [4.69, 9.17) is 0 Å². The number of amides is 1. The summed E-state index contributed by atoms with van der Waals surface area (Å²) in [5.41, 5.74) is 4.11. The first-order chi connectivity index (χ1) is 13.2. The molecule has 27 heavy (non-hydrogen) atoms. The van der Waals surface area contributed by atoms with E-state index in [-0.39, 0.29) is 12.5 Å². The maximum Gasteiger partial charge on any atom is 0.251 e. The molecule has 2 aromatic rings. The third-order valence-electron chi connectivity index (χ3n) is 5.27. The molecule has 4 nitrogen and oxygen atoms in total. The molecule has 4 heteroatoms. The van der Waals surface area contributed by atoms with Gasteiger partial charge in [-0.15, -0.1) is 0 Å². The van der Waals surface area contributed by atoms with Crippen LogP contribution in [0.4, 0.5) is 0 Å². The standard InChI is InChI=1S/C23H30N2O2/c1-18-6-2-8-20(14-18)21-9-3-10-22(15-21)23(27)24-11-5-13-25-12-4-7-19(16-25)17-26/h2-3,6,8-10,14-15,19,26H,4-5,7,11-13,16-17H2,1H3,(H,24,27)/t19-/m0/s1. The first kappa shape index (κ1) is 19.6. The average molecular weight is 367 g/mol. The van der Waals surface area contributed by atoms with Crippen LogP contribution in [0, 0.1) is 12.8 Å². The summed E-state index contributed by atoms with van der Waals surface area (Å²) < 4.78 is 0.